The van der Waals surface area contributed by atoms with Crippen molar-refractivity contribution in [2.75, 3.05) is 27.2 Å². The van der Waals surface area contributed by atoms with Crippen LogP contribution in [0.3, 0.4) is 0 Å². The summed E-state index contributed by atoms with van der Waals surface area (Å²) in [6.07, 6.45) is 0.637. The van der Waals surface area contributed by atoms with Crippen molar-refractivity contribution in [1.82, 2.24) is 9.80 Å². The van der Waals surface area contributed by atoms with Crippen LogP contribution in [0.1, 0.15) is 27.9 Å². The van der Waals surface area contributed by atoms with Crippen LogP contribution in [0.5, 0.6) is 0 Å². The van der Waals surface area contributed by atoms with Gasteiger partial charge in [0.05, 0.1) is 18.1 Å². The van der Waals surface area contributed by atoms with Gasteiger partial charge in [0.25, 0.3) is 5.91 Å². The van der Waals surface area contributed by atoms with Crippen LogP contribution in [0.25, 0.3) is 0 Å². The van der Waals surface area contributed by atoms with E-state index in [1.807, 2.05) is 30.9 Å². The second-order valence-electron chi connectivity index (χ2n) is 6.86. The SMILES string of the molecule is Cc1cc(C)cc(C(=O)N2C[C@H](C(=O)N(C)C)[C@H]3OCC[C@@H]32)c1. The first-order chi connectivity index (χ1) is 10.9. The van der Waals surface area contributed by atoms with Crippen molar-refractivity contribution in [3.05, 3.63) is 34.9 Å². The number of fused-ring (bicyclic) bond motifs is 1. The lowest BCUT2D eigenvalue weighted by molar-refractivity contribution is -0.135. The Morgan fingerprint density at radius 2 is 1.83 bits per heavy atom. The molecule has 2 saturated heterocycles. The van der Waals surface area contributed by atoms with E-state index in [0.717, 1.165) is 17.5 Å². The molecule has 0 aromatic heterocycles. The van der Waals surface area contributed by atoms with E-state index >= 15 is 0 Å². The van der Waals surface area contributed by atoms with E-state index < -0.39 is 0 Å². The van der Waals surface area contributed by atoms with E-state index in [9.17, 15) is 9.59 Å². The molecule has 2 amide bonds. The summed E-state index contributed by atoms with van der Waals surface area (Å²) >= 11 is 0. The molecule has 2 aliphatic heterocycles. The van der Waals surface area contributed by atoms with Gasteiger partial charge in [0.2, 0.25) is 5.91 Å². The number of ether oxygens (including phenoxy) is 1. The Balaban J connectivity index is 1.87. The second-order valence-corrected chi connectivity index (χ2v) is 6.86. The highest BCUT2D eigenvalue weighted by Crippen LogP contribution is 2.35. The quantitative estimate of drug-likeness (QED) is 0.833. The van der Waals surface area contributed by atoms with E-state index in [-0.39, 0.29) is 29.9 Å². The Morgan fingerprint density at radius 1 is 1.17 bits per heavy atom. The predicted octanol–water partition coefficient (Wildman–Crippen LogP) is 1.62. The molecule has 124 valence electrons. The molecule has 0 radical (unpaired) electrons. The molecule has 1 aromatic rings. The average molecular weight is 316 g/mol. The van der Waals surface area contributed by atoms with Gasteiger partial charge in [0.15, 0.2) is 0 Å². The molecule has 0 N–H and O–H groups in total. The number of carbonyl (C=O) groups excluding carboxylic acids is 2. The van der Waals surface area contributed by atoms with Gasteiger partial charge in [-0.15, -0.1) is 0 Å². The van der Waals surface area contributed by atoms with E-state index in [4.69, 9.17) is 4.74 Å². The third-order valence-electron chi connectivity index (χ3n) is 4.78. The first kappa shape index (κ1) is 16.0. The van der Waals surface area contributed by atoms with Crippen molar-refractivity contribution >= 4 is 11.8 Å². The normalized spacial score (nSPS) is 26.3. The molecule has 5 heteroatoms. The van der Waals surface area contributed by atoms with Crippen LogP contribution in [0.2, 0.25) is 0 Å². The summed E-state index contributed by atoms with van der Waals surface area (Å²) in [6.45, 7) is 5.04. The van der Waals surface area contributed by atoms with Gasteiger partial charge < -0.3 is 14.5 Å². The molecule has 3 atom stereocenters. The Hall–Kier alpha value is -1.88. The van der Waals surface area contributed by atoms with Crippen LogP contribution in [-0.2, 0) is 9.53 Å². The molecule has 3 rings (SSSR count). The van der Waals surface area contributed by atoms with Crippen LogP contribution in [-0.4, -0.2) is 61.0 Å². The van der Waals surface area contributed by atoms with Crippen molar-refractivity contribution in [3.8, 4) is 0 Å². The highest BCUT2D eigenvalue weighted by atomic mass is 16.5. The van der Waals surface area contributed by atoms with E-state index in [0.29, 0.717) is 18.7 Å². The maximum atomic E-state index is 13.0. The molecule has 2 heterocycles. The van der Waals surface area contributed by atoms with Crippen LogP contribution in [0.4, 0.5) is 0 Å². The number of nitrogens with zero attached hydrogens (tertiary/aromatic N) is 2. The summed E-state index contributed by atoms with van der Waals surface area (Å²) in [5.74, 6) is -0.212. The number of amides is 2. The van der Waals surface area contributed by atoms with Crippen LogP contribution < -0.4 is 0 Å². The summed E-state index contributed by atoms with van der Waals surface area (Å²) < 4.78 is 5.78. The molecule has 0 aliphatic carbocycles. The molecular weight excluding hydrogens is 292 g/mol. The summed E-state index contributed by atoms with van der Waals surface area (Å²) in [5, 5.41) is 0. The number of benzene rings is 1. The maximum absolute atomic E-state index is 13.0. The molecule has 2 aliphatic rings. The van der Waals surface area contributed by atoms with Crippen molar-refractivity contribution in [1.29, 1.82) is 0 Å². The zero-order valence-electron chi connectivity index (χ0n) is 14.2. The van der Waals surface area contributed by atoms with Crippen molar-refractivity contribution < 1.29 is 14.3 Å². The molecule has 5 nitrogen and oxygen atoms in total. The second kappa shape index (κ2) is 5.96. The molecule has 0 spiro atoms. The lowest BCUT2D eigenvalue weighted by Gasteiger charge is -2.23. The fraction of sp³-hybridized carbons (Fsp3) is 0.556. The third kappa shape index (κ3) is 2.85. The summed E-state index contributed by atoms with van der Waals surface area (Å²) in [7, 11) is 3.50. The number of rotatable bonds is 2. The lowest BCUT2D eigenvalue weighted by atomic mass is 10.0. The topological polar surface area (TPSA) is 49.9 Å². The minimum Gasteiger partial charge on any atom is -0.375 e. The molecule has 0 bridgehead atoms. The lowest BCUT2D eigenvalue weighted by Crippen LogP contribution is -2.37. The first-order valence-corrected chi connectivity index (χ1v) is 8.10. The van der Waals surface area contributed by atoms with Crippen LogP contribution in [0.15, 0.2) is 18.2 Å². The maximum Gasteiger partial charge on any atom is 0.254 e. The van der Waals surface area contributed by atoms with Crippen molar-refractivity contribution in [2.45, 2.75) is 32.4 Å². The zero-order chi connectivity index (χ0) is 16.7. The van der Waals surface area contributed by atoms with Crippen molar-refractivity contribution in [3.63, 3.8) is 0 Å². The van der Waals surface area contributed by atoms with Gasteiger partial charge in [-0.2, -0.15) is 0 Å². The van der Waals surface area contributed by atoms with Crippen molar-refractivity contribution in [2.24, 2.45) is 5.92 Å². The highest BCUT2D eigenvalue weighted by Gasteiger charge is 2.50. The van der Waals surface area contributed by atoms with Gasteiger partial charge >= 0.3 is 0 Å². The minimum absolute atomic E-state index is 0.00589. The fourth-order valence-corrected chi connectivity index (χ4v) is 3.82. The Kier molecular flexibility index (Phi) is 4.15. The van der Waals surface area contributed by atoms with Gasteiger partial charge in [-0.1, -0.05) is 17.2 Å². The van der Waals surface area contributed by atoms with Gasteiger partial charge in [-0.3, -0.25) is 9.59 Å². The first-order valence-electron chi connectivity index (χ1n) is 8.10. The number of carbonyl (C=O) groups is 2. The standard InChI is InChI=1S/C18H24N2O3/c1-11-7-12(2)9-13(8-11)17(21)20-10-14(18(22)19(3)4)16-15(20)5-6-23-16/h7-9,14-16H,5-6,10H2,1-4H3/t14-,15-,16+/m0/s1. The number of hydrogen-bond acceptors (Lipinski definition) is 3. The fourth-order valence-electron chi connectivity index (χ4n) is 3.82. The van der Waals surface area contributed by atoms with E-state index in [1.54, 1.807) is 19.0 Å². The monoisotopic (exact) mass is 316 g/mol. The molecule has 1 aromatic carbocycles. The molecular formula is C18H24N2O3. The molecule has 2 fully saturated rings. The largest absolute Gasteiger partial charge is 0.375 e. The Morgan fingerprint density at radius 3 is 2.43 bits per heavy atom. The summed E-state index contributed by atoms with van der Waals surface area (Å²) in [4.78, 5) is 28.8. The van der Waals surface area contributed by atoms with Gasteiger partial charge in [0.1, 0.15) is 0 Å². The van der Waals surface area contributed by atoms with E-state index in [1.165, 1.54) is 0 Å². The van der Waals surface area contributed by atoms with Gasteiger partial charge in [-0.05, 0) is 32.4 Å². The number of hydrogen-bond donors (Lipinski definition) is 0. The predicted molar refractivity (Wildman–Crippen MR) is 87.3 cm³/mol. The molecule has 23 heavy (non-hydrogen) atoms. The van der Waals surface area contributed by atoms with Crippen LogP contribution >= 0.6 is 0 Å². The smallest absolute Gasteiger partial charge is 0.254 e. The average Bonchev–Trinajstić information content (AvgIpc) is 3.06. The Bertz CT molecular complexity index is 621. The Labute approximate surface area is 137 Å². The minimum atomic E-state index is -0.257. The van der Waals surface area contributed by atoms with Gasteiger partial charge in [0, 0.05) is 32.8 Å². The highest BCUT2D eigenvalue weighted by molar-refractivity contribution is 5.96. The zero-order valence-corrected chi connectivity index (χ0v) is 14.2. The molecule has 0 saturated carbocycles. The number of aryl methyl sites for hydroxylation is 2. The van der Waals surface area contributed by atoms with E-state index in [2.05, 4.69) is 6.07 Å². The van der Waals surface area contributed by atoms with Gasteiger partial charge in [-0.25, -0.2) is 0 Å². The summed E-state index contributed by atoms with van der Waals surface area (Å²) in [6, 6.07) is 5.90. The molecule has 0 unspecified atom stereocenters. The third-order valence-corrected chi connectivity index (χ3v) is 4.78. The van der Waals surface area contributed by atoms with Crippen LogP contribution in [0, 0.1) is 19.8 Å². The number of likely N-dealkylation sites (tertiary alicyclic amines) is 1. The summed E-state index contributed by atoms with van der Waals surface area (Å²) in [5.41, 5.74) is 2.85.